The Kier molecular flexibility index (Phi) is 154. The molecule has 0 spiro atoms. The lowest BCUT2D eigenvalue weighted by Crippen LogP contribution is -2.31. The third kappa shape index (κ3) is 138. The molecule has 0 heterocycles. The molecule has 0 aromatic heterocycles. The van der Waals surface area contributed by atoms with Crippen molar-refractivity contribution in [3.63, 3.8) is 0 Å². The Balaban J connectivity index is -0.000000535. The van der Waals surface area contributed by atoms with Gasteiger partial charge in [0.25, 0.3) is 0 Å². The predicted molar refractivity (Wildman–Crippen MR) is 624 cm³/mol. The quantitative estimate of drug-likeness (QED) is 0.0274. The minimum Gasteiger partial charge on any atom is -0.396 e. The smallest absolute Gasteiger partial charge is 0.0701 e. The molecule has 3 aliphatic carbocycles. The number of aliphatic hydroxyl groups excluding tert-OH is 9. The van der Waals surface area contributed by atoms with Crippen molar-refractivity contribution in [1.82, 2.24) is 0 Å². The zero-order valence-electron chi connectivity index (χ0n) is 99.1. The maximum atomic E-state index is 10.3. The number of hydrogen-bond acceptors (Lipinski definition) is 22. The van der Waals surface area contributed by atoms with Gasteiger partial charge < -0.3 is 108 Å². The monoisotopic (exact) mass is 2120 g/mol. The van der Waals surface area contributed by atoms with Gasteiger partial charge in [-0.2, -0.15) is 0 Å². The Morgan fingerprint density at radius 3 is 0.784 bits per heavy atom. The second-order valence-electron chi connectivity index (χ2n) is 41.5. The highest BCUT2D eigenvalue weighted by molar-refractivity contribution is 5.13. The zero-order valence-corrected chi connectivity index (χ0v) is 99.1. The third-order valence-electron chi connectivity index (χ3n) is 27.6. The van der Waals surface area contributed by atoms with E-state index >= 15 is 0 Å². The molecule has 22 heteroatoms. The van der Waals surface area contributed by atoms with Crippen LogP contribution in [0.2, 0.25) is 0 Å². The molecule has 3 fully saturated rings. The molecule has 2 unspecified atom stereocenters. The maximum absolute atomic E-state index is 10.3. The molecule has 0 radical (unpaired) electrons. The van der Waals surface area contributed by atoms with Crippen LogP contribution in [0.1, 0.15) is 523 Å². The van der Waals surface area contributed by atoms with Crippen molar-refractivity contribution in [2.24, 2.45) is 29.6 Å². The Hall–Kier alpha value is -1.66. The summed E-state index contributed by atoms with van der Waals surface area (Å²) >= 11 is 0. The number of unbranched alkanes of at least 4 members (excludes halogenated alkanes) is 39. The summed E-state index contributed by atoms with van der Waals surface area (Å²) in [6, 6.07) is 9.52. The van der Waals surface area contributed by atoms with E-state index in [1.165, 1.54) is 360 Å². The largest absolute Gasteiger partial charge is 0.396 e. The molecule has 148 heavy (non-hydrogen) atoms. The fraction of sp³-hybridized carbons (Fsp3) is 0.952. The van der Waals surface area contributed by atoms with Gasteiger partial charge in [-0.3, -0.25) is 0 Å². The summed E-state index contributed by atoms with van der Waals surface area (Å²) in [7, 11) is 0. The molecule has 892 valence electrons. The van der Waals surface area contributed by atoms with Crippen molar-refractivity contribution in [2.75, 3.05) is 218 Å². The van der Waals surface area contributed by atoms with E-state index in [9.17, 15) is 10.2 Å². The Morgan fingerprint density at radius 2 is 0.480 bits per heavy atom. The maximum Gasteiger partial charge on any atom is 0.0701 e. The molecule has 1 aromatic carbocycles. The standard InChI is InChI=1S/C26H54O5.C22H46O6.C18H38O.C13H28O4.C13H24O.C10H22O2.C10H22O.C7H14O.C7H8O/c1-2-3-4-5-6-7-8-9-10-11-12-13-14-15-16-17-19-28-21-23-30-25-26-31-24-22-29-20-18-27;1-2-24-14-5-6-16-26-18-9-10-20-28-22-12-11-21-27-19-8-7-17-25-15-4-3-13-23;1-3-5-7-9-10-12-14-16-18(17-19)15-13-11-8-6-4-2;1-2-3-8-15-10-5-12-17-13-6-11-16-9-4-7-14;14-13(11-7-3-1-4-8-11)12-9-5-2-6-10-12;1-3-5-6-10(4-2)9-12-8-7-11;1-2-3-4-5-6-7-8-9-10-11;2*8-6-7-4-2-1-3-5-7/h27H,2-26H2,1H3;23H,2-22H2,1H3;18-19H,3-17H2,1-2H3;14H,2-13H2,1H3;11-14H,1-10H2;10-11H,3-9H2,1-2H3;11H,2-10H2,1H3;7-8H,1-6H2;1-5,8H,6H2. The predicted octanol–water partition coefficient (Wildman–Crippen LogP) is 30.0. The lowest BCUT2D eigenvalue weighted by atomic mass is 9.75. The normalized spacial score (nSPS) is 13.6. The van der Waals surface area contributed by atoms with Gasteiger partial charge in [0.05, 0.1) is 78.8 Å². The Labute approximate surface area is 916 Å². The van der Waals surface area contributed by atoms with Crippen LogP contribution >= 0.6 is 0 Å². The molecule has 2 atom stereocenters. The van der Waals surface area contributed by atoms with Crippen molar-refractivity contribution < 1.29 is 108 Å². The minimum atomic E-state index is 0.0376. The van der Waals surface area contributed by atoms with Crippen LogP contribution in [0.25, 0.3) is 0 Å². The molecule has 0 saturated heterocycles. The van der Waals surface area contributed by atoms with Crippen molar-refractivity contribution in [2.45, 2.75) is 530 Å². The second-order valence-corrected chi connectivity index (χ2v) is 41.5. The van der Waals surface area contributed by atoms with Gasteiger partial charge in [0.15, 0.2) is 0 Å². The minimum absolute atomic E-state index is 0.0376. The van der Waals surface area contributed by atoms with Gasteiger partial charge in [0.1, 0.15) is 0 Å². The molecule has 0 bridgehead atoms. The highest BCUT2D eigenvalue weighted by Gasteiger charge is 2.30. The number of benzene rings is 1. The van der Waals surface area contributed by atoms with E-state index in [0.717, 1.165) is 214 Å². The first kappa shape index (κ1) is 155. The summed E-state index contributed by atoms with van der Waals surface area (Å²) < 4.78 is 70.6. The Morgan fingerprint density at radius 1 is 0.223 bits per heavy atom. The average Bonchev–Trinajstić information content (AvgIpc) is 0.867. The van der Waals surface area contributed by atoms with E-state index in [4.69, 9.17) is 97.3 Å². The van der Waals surface area contributed by atoms with Crippen molar-refractivity contribution in [1.29, 1.82) is 0 Å². The van der Waals surface area contributed by atoms with Gasteiger partial charge in [-0.15, -0.1) is 0 Å². The van der Waals surface area contributed by atoms with Crippen molar-refractivity contribution >= 4 is 0 Å². The van der Waals surface area contributed by atoms with Crippen LogP contribution in [0, 0.1) is 29.6 Å². The Bertz CT molecular complexity index is 2220. The van der Waals surface area contributed by atoms with Gasteiger partial charge in [0, 0.05) is 152 Å². The van der Waals surface area contributed by atoms with E-state index in [1.807, 2.05) is 37.3 Å². The van der Waals surface area contributed by atoms with Crippen LogP contribution in [0.15, 0.2) is 30.3 Å². The highest BCUT2D eigenvalue weighted by Crippen LogP contribution is 2.36. The van der Waals surface area contributed by atoms with E-state index in [1.54, 1.807) is 0 Å². The molecule has 4 rings (SSSR count). The summed E-state index contributed by atoms with van der Waals surface area (Å²) in [5.41, 5.74) is 0.965. The second kappa shape index (κ2) is 147. The van der Waals surface area contributed by atoms with E-state index < -0.39 is 0 Å². The molecule has 1 aromatic rings. The lowest BCUT2D eigenvalue weighted by Gasteiger charge is -2.34. The van der Waals surface area contributed by atoms with Crippen LogP contribution in [0.4, 0.5) is 0 Å². The van der Waals surface area contributed by atoms with Crippen LogP contribution < -0.4 is 0 Å². The average molecular weight is 2120 g/mol. The molecular weight excluding hydrogens is 1870 g/mol. The summed E-state index contributed by atoms with van der Waals surface area (Å²) in [5, 5.41) is 79.7. The molecule has 0 amide bonds. The molecule has 22 nitrogen and oxygen atoms in total. The first-order valence-corrected chi connectivity index (χ1v) is 63.2. The topological polar surface area (TPSA) is 302 Å². The fourth-order valence-electron chi connectivity index (χ4n) is 17.8. The first-order valence-electron chi connectivity index (χ1n) is 63.2. The molecule has 3 saturated carbocycles. The SMILES string of the molecule is CCCCC(CC)COCCO.CCCCCCCCCC(CO)CCCCCCC.CCCCCCCCCCCCCCCCCCOCCOCCOCCOCCO.CCCCCCCCCCO.CCCCOCCCOCCCOCCCO.CCOCCCCOCCCCOCCCCOCCCCOCCCCO.OC(C1CCCCC1)C1CCCCC1.OCC1CCCCC1.OCc1ccccc1. The van der Waals surface area contributed by atoms with Crippen LogP contribution in [-0.2, 0) is 68.2 Å². The van der Waals surface area contributed by atoms with E-state index in [2.05, 4.69) is 48.5 Å². The fourth-order valence-corrected chi connectivity index (χ4v) is 17.8. The van der Waals surface area contributed by atoms with Crippen LogP contribution in [-0.4, -0.2) is 270 Å². The molecule has 3 aliphatic rings. The number of ether oxygens (including phenoxy) is 13. The van der Waals surface area contributed by atoms with Gasteiger partial charge in [-0.05, 0) is 203 Å². The summed E-state index contributed by atoms with van der Waals surface area (Å²) in [4.78, 5) is 0. The van der Waals surface area contributed by atoms with Crippen molar-refractivity contribution in [3.05, 3.63) is 35.9 Å². The van der Waals surface area contributed by atoms with Gasteiger partial charge in [0.2, 0.25) is 0 Å². The molecule has 0 aliphatic heterocycles. The lowest BCUT2D eigenvalue weighted by molar-refractivity contribution is -0.00577. The van der Waals surface area contributed by atoms with Gasteiger partial charge in [-0.25, -0.2) is 0 Å². The van der Waals surface area contributed by atoms with Crippen LogP contribution in [0.5, 0.6) is 0 Å². The van der Waals surface area contributed by atoms with E-state index in [0.29, 0.717) is 115 Å². The summed E-state index contributed by atoms with van der Waals surface area (Å²) in [6.07, 6.45) is 91.8. The van der Waals surface area contributed by atoms with Crippen LogP contribution in [0.3, 0.4) is 0 Å². The molecule has 9 N–H and O–H groups in total. The zero-order chi connectivity index (χ0) is 109. The number of hydrogen-bond donors (Lipinski definition) is 9. The van der Waals surface area contributed by atoms with Crippen molar-refractivity contribution in [3.8, 4) is 0 Å². The third-order valence-corrected chi connectivity index (χ3v) is 27.6. The summed E-state index contributed by atoms with van der Waals surface area (Å²) in [5.74, 6) is 3.20. The first-order chi connectivity index (χ1) is 73.1. The van der Waals surface area contributed by atoms with Gasteiger partial charge in [-0.1, -0.05) is 381 Å². The number of rotatable bonds is 102. The van der Waals surface area contributed by atoms with Gasteiger partial charge >= 0.3 is 0 Å². The molecular formula is C126H256O22. The number of aliphatic hydroxyl groups is 9. The highest BCUT2D eigenvalue weighted by atomic mass is 16.6. The summed E-state index contributed by atoms with van der Waals surface area (Å²) in [6.45, 7) is 38.4. The van der Waals surface area contributed by atoms with E-state index in [-0.39, 0.29) is 39.1 Å².